The van der Waals surface area contributed by atoms with Crippen LogP contribution in [0.1, 0.15) is 17.5 Å². The van der Waals surface area contributed by atoms with Gasteiger partial charge in [-0.05, 0) is 36.6 Å². The minimum atomic E-state index is -0.760. The van der Waals surface area contributed by atoms with Crippen molar-refractivity contribution in [2.24, 2.45) is 0 Å². The van der Waals surface area contributed by atoms with E-state index in [-0.39, 0.29) is 6.42 Å². The third kappa shape index (κ3) is 2.19. The maximum atomic E-state index is 10.5. The van der Waals surface area contributed by atoms with Crippen LogP contribution < -0.4 is 0 Å². The Morgan fingerprint density at radius 2 is 2.25 bits per heavy atom. The second kappa shape index (κ2) is 4.31. The summed E-state index contributed by atoms with van der Waals surface area (Å²) in [6.45, 7) is 2.00. The lowest BCUT2D eigenvalue weighted by Crippen LogP contribution is -1.98. The molecule has 1 aromatic heterocycles. The summed E-state index contributed by atoms with van der Waals surface area (Å²) < 4.78 is 0. The molecule has 0 fully saturated rings. The summed E-state index contributed by atoms with van der Waals surface area (Å²) in [6, 6.07) is 7.92. The number of carboxylic acids is 1. The molecule has 1 heterocycles. The molecule has 0 spiro atoms. The van der Waals surface area contributed by atoms with Crippen LogP contribution in [-0.2, 0) is 11.2 Å². The summed E-state index contributed by atoms with van der Waals surface area (Å²) >= 11 is 0. The summed E-state index contributed by atoms with van der Waals surface area (Å²) in [5.74, 6) is -0.760. The number of benzene rings is 1. The van der Waals surface area contributed by atoms with Gasteiger partial charge >= 0.3 is 5.97 Å². The molecular formula is C13H13NO2. The van der Waals surface area contributed by atoms with Crippen molar-refractivity contribution in [2.75, 3.05) is 0 Å². The number of carboxylic acid groups (broad SMARTS) is 1. The lowest BCUT2D eigenvalue weighted by molar-refractivity contribution is -0.136. The molecule has 0 aliphatic heterocycles. The lowest BCUT2D eigenvalue weighted by atomic mass is 10.0. The van der Waals surface area contributed by atoms with Gasteiger partial charge in [-0.3, -0.25) is 9.78 Å². The molecule has 0 aliphatic carbocycles. The number of aromatic nitrogens is 1. The van der Waals surface area contributed by atoms with Crippen molar-refractivity contribution in [1.29, 1.82) is 0 Å². The Morgan fingerprint density at radius 3 is 3.00 bits per heavy atom. The van der Waals surface area contributed by atoms with E-state index in [1.165, 1.54) is 0 Å². The van der Waals surface area contributed by atoms with E-state index >= 15 is 0 Å². The monoisotopic (exact) mass is 215 g/mol. The number of hydrogen-bond acceptors (Lipinski definition) is 2. The molecule has 0 amide bonds. The summed E-state index contributed by atoms with van der Waals surface area (Å²) in [4.78, 5) is 14.8. The minimum Gasteiger partial charge on any atom is -0.481 e. The highest BCUT2D eigenvalue weighted by Crippen LogP contribution is 2.19. The first-order chi connectivity index (χ1) is 7.66. The van der Waals surface area contributed by atoms with Crippen molar-refractivity contribution in [3.63, 3.8) is 0 Å². The molecule has 3 nitrogen and oxygen atoms in total. The number of hydrogen-bond donors (Lipinski definition) is 1. The van der Waals surface area contributed by atoms with Gasteiger partial charge < -0.3 is 5.11 Å². The third-order valence-electron chi connectivity index (χ3n) is 2.58. The van der Waals surface area contributed by atoms with Gasteiger partial charge in [-0.2, -0.15) is 0 Å². The Bertz CT molecular complexity index is 534. The van der Waals surface area contributed by atoms with Gasteiger partial charge in [0.25, 0.3) is 0 Å². The molecular weight excluding hydrogens is 202 g/mol. The topological polar surface area (TPSA) is 50.2 Å². The normalized spacial score (nSPS) is 10.6. The molecule has 0 bridgehead atoms. The van der Waals surface area contributed by atoms with Crippen molar-refractivity contribution in [3.05, 3.63) is 41.6 Å². The average molecular weight is 215 g/mol. The second-order valence-corrected chi connectivity index (χ2v) is 3.88. The molecule has 0 saturated carbocycles. The van der Waals surface area contributed by atoms with Gasteiger partial charge in [0.05, 0.1) is 5.52 Å². The van der Waals surface area contributed by atoms with Crippen LogP contribution in [0.25, 0.3) is 10.9 Å². The van der Waals surface area contributed by atoms with Crippen molar-refractivity contribution in [2.45, 2.75) is 19.8 Å². The smallest absolute Gasteiger partial charge is 0.303 e. The Kier molecular flexibility index (Phi) is 2.86. The summed E-state index contributed by atoms with van der Waals surface area (Å²) in [5.41, 5.74) is 3.14. The Labute approximate surface area is 93.7 Å². The fraction of sp³-hybridized carbons (Fsp3) is 0.231. The summed E-state index contributed by atoms with van der Waals surface area (Å²) in [6.07, 6.45) is 2.51. The van der Waals surface area contributed by atoms with Crippen LogP contribution in [0.3, 0.4) is 0 Å². The molecule has 82 valence electrons. The predicted octanol–water partition coefficient (Wildman–Crippen LogP) is 2.56. The second-order valence-electron chi connectivity index (χ2n) is 3.88. The molecule has 16 heavy (non-hydrogen) atoms. The Balaban J connectivity index is 2.38. The molecule has 0 aliphatic rings. The Hall–Kier alpha value is -1.90. The zero-order chi connectivity index (χ0) is 11.5. The number of rotatable bonds is 3. The molecule has 0 unspecified atom stereocenters. The van der Waals surface area contributed by atoms with Crippen molar-refractivity contribution in [1.82, 2.24) is 4.98 Å². The van der Waals surface area contributed by atoms with E-state index in [0.717, 1.165) is 22.0 Å². The van der Waals surface area contributed by atoms with Crippen molar-refractivity contribution >= 4 is 16.9 Å². The fourth-order valence-corrected chi connectivity index (χ4v) is 1.85. The number of aliphatic carboxylic acids is 1. The largest absolute Gasteiger partial charge is 0.481 e. The van der Waals surface area contributed by atoms with Crippen LogP contribution in [-0.4, -0.2) is 16.1 Å². The predicted molar refractivity (Wildman–Crippen MR) is 62.4 cm³/mol. The van der Waals surface area contributed by atoms with Gasteiger partial charge in [-0.1, -0.05) is 12.1 Å². The number of carbonyl (C=O) groups is 1. The van der Waals surface area contributed by atoms with E-state index in [4.69, 9.17) is 5.11 Å². The standard InChI is InChI=1S/C13H13NO2/c1-9-7-10(4-5-12(15)16)8-11-3-2-6-14-13(9)11/h2-3,6-8H,4-5H2,1H3,(H,15,16). The van der Waals surface area contributed by atoms with Crippen molar-refractivity contribution in [3.8, 4) is 0 Å². The quantitative estimate of drug-likeness (QED) is 0.856. The van der Waals surface area contributed by atoms with Gasteiger partial charge in [-0.15, -0.1) is 0 Å². The first kappa shape index (κ1) is 10.6. The van der Waals surface area contributed by atoms with E-state index in [1.54, 1.807) is 6.20 Å². The maximum Gasteiger partial charge on any atom is 0.303 e. The highest BCUT2D eigenvalue weighted by Gasteiger charge is 2.03. The summed E-state index contributed by atoms with van der Waals surface area (Å²) in [7, 11) is 0. The third-order valence-corrected chi connectivity index (χ3v) is 2.58. The van der Waals surface area contributed by atoms with E-state index in [1.807, 2.05) is 31.2 Å². The van der Waals surface area contributed by atoms with Crippen molar-refractivity contribution < 1.29 is 9.90 Å². The highest BCUT2D eigenvalue weighted by molar-refractivity contribution is 5.82. The minimum absolute atomic E-state index is 0.172. The molecule has 0 atom stereocenters. The van der Waals surface area contributed by atoms with Crippen LogP contribution >= 0.6 is 0 Å². The molecule has 2 rings (SSSR count). The first-order valence-corrected chi connectivity index (χ1v) is 5.23. The lowest BCUT2D eigenvalue weighted by Gasteiger charge is -2.05. The van der Waals surface area contributed by atoms with Gasteiger partial charge in [0.15, 0.2) is 0 Å². The number of pyridine rings is 1. The van der Waals surface area contributed by atoms with E-state index < -0.39 is 5.97 Å². The van der Waals surface area contributed by atoms with E-state index in [2.05, 4.69) is 4.98 Å². The van der Waals surface area contributed by atoms with Gasteiger partial charge in [0.1, 0.15) is 0 Å². The van der Waals surface area contributed by atoms with Crippen LogP contribution in [0.2, 0.25) is 0 Å². The zero-order valence-electron chi connectivity index (χ0n) is 9.10. The average Bonchev–Trinajstić information content (AvgIpc) is 2.26. The van der Waals surface area contributed by atoms with Crippen LogP contribution in [0.5, 0.6) is 0 Å². The molecule has 0 saturated heterocycles. The van der Waals surface area contributed by atoms with Crippen LogP contribution in [0.15, 0.2) is 30.5 Å². The Morgan fingerprint density at radius 1 is 1.44 bits per heavy atom. The highest BCUT2D eigenvalue weighted by atomic mass is 16.4. The fourth-order valence-electron chi connectivity index (χ4n) is 1.85. The van der Waals surface area contributed by atoms with Gasteiger partial charge in [0.2, 0.25) is 0 Å². The number of aryl methyl sites for hydroxylation is 2. The maximum absolute atomic E-state index is 10.5. The zero-order valence-corrected chi connectivity index (χ0v) is 9.10. The van der Waals surface area contributed by atoms with E-state index in [0.29, 0.717) is 6.42 Å². The molecule has 3 heteroatoms. The molecule has 0 radical (unpaired) electrons. The van der Waals surface area contributed by atoms with Gasteiger partial charge in [0, 0.05) is 18.0 Å². The number of fused-ring (bicyclic) bond motifs is 1. The molecule has 1 aromatic carbocycles. The molecule has 1 N–H and O–H groups in total. The number of nitrogens with zero attached hydrogens (tertiary/aromatic N) is 1. The van der Waals surface area contributed by atoms with Gasteiger partial charge in [-0.25, -0.2) is 0 Å². The molecule has 2 aromatic rings. The van der Waals surface area contributed by atoms with Crippen LogP contribution in [0.4, 0.5) is 0 Å². The van der Waals surface area contributed by atoms with E-state index in [9.17, 15) is 4.79 Å². The SMILES string of the molecule is Cc1cc(CCC(=O)O)cc2cccnc12. The summed E-state index contributed by atoms with van der Waals surface area (Å²) in [5, 5.41) is 9.72. The first-order valence-electron chi connectivity index (χ1n) is 5.23. The van der Waals surface area contributed by atoms with Crippen LogP contribution in [0, 0.1) is 6.92 Å².